The third kappa shape index (κ3) is 2.68. The first-order chi connectivity index (χ1) is 9.42. The molecule has 20 heavy (non-hydrogen) atoms. The van der Waals surface area contributed by atoms with E-state index in [1.54, 1.807) is 0 Å². The van der Waals surface area contributed by atoms with Crippen molar-refractivity contribution >= 4 is 15.9 Å². The molecule has 0 amide bonds. The van der Waals surface area contributed by atoms with E-state index in [1.807, 2.05) is 11.7 Å². The van der Waals surface area contributed by atoms with Crippen LogP contribution in [0.1, 0.15) is 44.0 Å². The van der Waals surface area contributed by atoms with Crippen LogP contribution in [-0.2, 0) is 19.9 Å². The van der Waals surface area contributed by atoms with Crippen molar-refractivity contribution in [2.75, 3.05) is 14.1 Å². The van der Waals surface area contributed by atoms with Gasteiger partial charge in [0.05, 0.1) is 15.9 Å². The summed E-state index contributed by atoms with van der Waals surface area (Å²) in [4.78, 5) is 2.34. The number of halogens is 1. The first-order valence-electron chi connectivity index (χ1n) is 7.55. The second-order valence-electron chi connectivity index (χ2n) is 6.20. The van der Waals surface area contributed by atoms with Gasteiger partial charge in [0.1, 0.15) is 0 Å². The first kappa shape index (κ1) is 16.0. The molecule has 1 atom stereocenters. The van der Waals surface area contributed by atoms with E-state index in [0.717, 1.165) is 23.0 Å². The van der Waals surface area contributed by atoms with E-state index >= 15 is 0 Å². The van der Waals surface area contributed by atoms with Crippen molar-refractivity contribution < 1.29 is 0 Å². The fraction of sp³-hybridized carbons (Fsp3) is 0.800. The molecule has 2 N–H and O–H groups in total. The number of aromatic nitrogens is 2. The molecular weight excluding hydrogens is 316 g/mol. The molecule has 1 aromatic rings. The lowest BCUT2D eigenvalue weighted by molar-refractivity contribution is 0.122. The summed E-state index contributed by atoms with van der Waals surface area (Å²) in [5.41, 5.74) is 9.13. The summed E-state index contributed by atoms with van der Waals surface area (Å²) in [7, 11) is 6.35. The van der Waals surface area contributed by atoms with Crippen LogP contribution in [0.15, 0.2) is 4.47 Å². The zero-order valence-electron chi connectivity index (χ0n) is 13.1. The Kier molecular flexibility index (Phi) is 4.92. The molecule has 0 aromatic carbocycles. The van der Waals surface area contributed by atoms with E-state index in [0.29, 0.717) is 0 Å². The molecule has 1 aromatic heterocycles. The quantitative estimate of drug-likeness (QED) is 0.894. The minimum Gasteiger partial charge on any atom is -0.326 e. The summed E-state index contributed by atoms with van der Waals surface area (Å²) in [6.07, 6.45) is 6.82. The van der Waals surface area contributed by atoms with Crippen LogP contribution in [0.25, 0.3) is 0 Å². The molecule has 0 spiro atoms. The summed E-state index contributed by atoms with van der Waals surface area (Å²) in [6.45, 7) is 2.13. The van der Waals surface area contributed by atoms with Crippen molar-refractivity contribution in [1.29, 1.82) is 0 Å². The third-order valence-corrected chi connectivity index (χ3v) is 5.88. The Morgan fingerprint density at radius 3 is 2.45 bits per heavy atom. The van der Waals surface area contributed by atoms with E-state index < -0.39 is 0 Å². The van der Waals surface area contributed by atoms with E-state index in [-0.39, 0.29) is 11.6 Å². The van der Waals surface area contributed by atoms with Gasteiger partial charge in [0.15, 0.2) is 0 Å². The predicted molar refractivity (Wildman–Crippen MR) is 86.9 cm³/mol. The average molecular weight is 343 g/mol. The molecule has 1 heterocycles. The minimum atomic E-state index is 0.149. The van der Waals surface area contributed by atoms with E-state index in [4.69, 9.17) is 5.73 Å². The first-order valence-corrected chi connectivity index (χ1v) is 8.35. The van der Waals surface area contributed by atoms with Crippen molar-refractivity contribution in [2.45, 2.75) is 57.0 Å². The van der Waals surface area contributed by atoms with Crippen molar-refractivity contribution in [3.63, 3.8) is 0 Å². The molecule has 0 aliphatic heterocycles. The van der Waals surface area contributed by atoms with Crippen LogP contribution in [0, 0.1) is 0 Å². The molecule has 1 fully saturated rings. The molecular formula is C15H27BrN4. The molecule has 0 radical (unpaired) electrons. The number of likely N-dealkylation sites (N-methyl/N-ethyl adjacent to an activating group) is 1. The number of aryl methyl sites for hydroxylation is 2. The highest BCUT2D eigenvalue weighted by atomic mass is 79.9. The van der Waals surface area contributed by atoms with Gasteiger partial charge in [-0.2, -0.15) is 5.10 Å². The van der Waals surface area contributed by atoms with Gasteiger partial charge in [-0.1, -0.05) is 19.8 Å². The molecule has 2 rings (SSSR count). The minimum absolute atomic E-state index is 0.149. The van der Waals surface area contributed by atoms with Crippen LogP contribution in [0.4, 0.5) is 0 Å². The maximum atomic E-state index is 6.63. The second-order valence-corrected chi connectivity index (χ2v) is 6.99. The fourth-order valence-corrected chi connectivity index (χ4v) is 4.35. The highest BCUT2D eigenvalue weighted by Gasteiger charge is 2.41. The number of rotatable bonds is 5. The van der Waals surface area contributed by atoms with Gasteiger partial charge in [-0.25, -0.2) is 0 Å². The molecule has 5 heteroatoms. The molecule has 1 unspecified atom stereocenters. The lowest BCUT2D eigenvalue weighted by Gasteiger charge is -2.41. The number of hydrogen-bond donors (Lipinski definition) is 1. The molecule has 0 bridgehead atoms. The lowest BCUT2D eigenvalue weighted by atomic mass is 9.84. The largest absolute Gasteiger partial charge is 0.326 e. The summed E-state index contributed by atoms with van der Waals surface area (Å²) >= 11 is 3.70. The molecule has 1 aliphatic carbocycles. The van der Waals surface area contributed by atoms with Crippen LogP contribution >= 0.6 is 15.9 Å². The summed E-state index contributed by atoms with van der Waals surface area (Å²) in [5, 5.41) is 4.58. The van der Waals surface area contributed by atoms with Gasteiger partial charge in [-0.15, -0.1) is 0 Å². The Hall–Kier alpha value is -0.390. The molecule has 1 saturated carbocycles. The van der Waals surface area contributed by atoms with Crippen molar-refractivity contribution in [3.05, 3.63) is 15.9 Å². The fourth-order valence-electron chi connectivity index (χ4n) is 3.58. The van der Waals surface area contributed by atoms with Gasteiger partial charge in [0.25, 0.3) is 0 Å². The lowest BCUT2D eigenvalue weighted by Crippen LogP contribution is -2.56. The molecule has 1 aliphatic rings. The number of nitrogens with zero attached hydrogens (tertiary/aromatic N) is 3. The topological polar surface area (TPSA) is 47.1 Å². The smallest absolute Gasteiger partial charge is 0.0766 e. The van der Waals surface area contributed by atoms with Crippen LogP contribution in [0.5, 0.6) is 0 Å². The van der Waals surface area contributed by atoms with Gasteiger partial charge in [-0.05, 0) is 49.3 Å². The maximum Gasteiger partial charge on any atom is 0.0766 e. The molecule has 114 valence electrons. The van der Waals surface area contributed by atoms with E-state index in [2.05, 4.69) is 46.9 Å². The van der Waals surface area contributed by atoms with Gasteiger partial charge >= 0.3 is 0 Å². The zero-order chi connectivity index (χ0) is 14.9. The number of hydrogen-bond acceptors (Lipinski definition) is 3. The van der Waals surface area contributed by atoms with E-state index in [9.17, 15) is 0 Å². The van der Waals surface area contributed by atoms with Crippen molar-refractivity contribution in [2.24, 2.45) is 12.8 Å². The maximum absolute atomic E-state index is 6.63. The van der Waals surface area contributed by atoms with Crippen molar-refractivity contribution in [3.8, 4) is 0 Å². The van der Waals surface area contributed by atoms with Gasteiger partial charge < -0.3 is 10.6 Å². The Morgan fingerprint density at radius 1 is 1.40 bits per heavy atom. The summed E-state index contributed by atoms with van der Waals surface area (Å²) in [6, 6.07) is 0.149. The van der Waals surface area contributed by atoms with Crippen LogP contribution in [0.2, 0.25) is 0 Å². The predicted octanol–water partition coefficient (Wildman–Crippen LogP) is 2.49. The summed E-state index contributed by atoms with van der Waals surface area (Å²) < 4.78 is 3.13. The van der Waals surface area contributed by atoms with E-state index in [1.165, 1.54) is 31.4 Å². The van der Waals surface area contributed by atoms with Crippen LogP contribution in [-0.4, -0.2) is 40.4 Å². The van der Waals surface area contributed by atoms with Crippen LogP contribution in [0.3, 0.4) is 0 Å². The van der Waals surface area contributed by atoms with Gasteiger partial charge in [0.2, 0.25) is 0 Å². The normalized spacial score (nSPS) is 19.8. The van der Waals surface area contributed by atoms with Crippen molar-refractivity contribution in [1.82, 2.24) is 14.7 Å². The third-order valence-electron chi connectivity index (χ3n) is 4.97. The Labute approximate surface area is 130 Å². The second kappa shape index (κ2) is 6.16. The Balaban J connectivity index is 2.23. The molecule has 0 saturated heterocycles. The Morgan fingerprint density at radius 2 is 2.00 bits per heavy atom. The van der Waals surface area contributed by atoms with Gasteiger partial charge in [0, 0.05) is 25.0 Å². The highest BCUT2D eigenvalue weighted by Crippen LogP contribution is 2.37. The molecule has 4 nitrogen and oxygen atoms in total. The highest BCUT2D eigenvalue weighted by molar-refractivity contribution is 9.10. The van der Waals surface area contributed by atoms with Crippen LogP contribution < -0.4 is 5.73 Å². The standard InChI is InChI=1S/C15H27BrN4/c1-5-11-14(16)12(20(4)18-11)10-13(17)15(19(2)3)8-6-7-9-15/h13H,5-10,17H2,1-4H3. The average Bonchev–Trinajstić information content (AvgIpc) is 2.99. The SMILES string of the molecule is CCc1nn(C)c(CC(N)C2(N(C)C)CCCC2)c1Br. The monoisotopic (exact) mass is 342 g/mol. The summed E-state index contributed by atoms with van der Waals surface area (Å²) in [5.74, 6) is 0. The number of nitrogens with two attached hydrogens (primary N) is 1. The zero-order valence-corrected chi connectivity index (χ0v) is 14.7. The Bertz CT molecular complexity index is 461. The van der Waals surface area contributed by atoms with Gasteiger partial charge in [-0.3, -0.25) is 4.68 Å².